The highest BCUT2D eigenvalue weighted by atomic mass is 32.1. The number of ether oxygens (including phenoxy) is 1. The van der Waals surface area contributed by atoms with Crippen LogP contribution in [0.4, 0.5) is 5.69 Å². The third kappa shape index (κ3) is 4.18. The fraction of sp³-hybridized carbons (Fsp3) is 0.231. The molecule has 0 radical (unpaired) electrons. The van der Waals surface area contributed by atoms with Crippen molar-refractivity contribution in [3.8, 4) is 5.75 Å². The topological polar surface area (TPSA) is 49.9 Å². The van der Waals surface area contributed by atoms with Gasteiger partial charge in [-0.1, -0.05) is 48.5 Å². The summed E-state index contributed by atoms with van der Waals surface area (Å²) >= 11 is 1.46. The van der Waals surface area contributed by atoms with Gasteiger partial charge in [0.25, 0.3) is 11.8 Å². The maximum atomic E-state index is 13.8. The van der Waals surface area contributed by atoms with Crippen molar-refractivity contribution >= 4 is 34.4 Å². The molecule has 0 saturated carbocycles. The van der Waals surface area contributed by atoms with Gasteiger partial charge in [0.05, 0.1) is 17.4 Å². The summed E-state index contributed by atoms with van der Waals surface area (Å²) in [5.74, 6) is -0.128. The molecule has 32 heavy (non-hydrogen) atoms. The number of imide groups is 1. The lowest BCUT2D eigenvalue weighted by molar-refractivity contribution is -0.120. The fourth-order valence-electron chi connectivity index (χ4n) is 3.82. The van der Waals surface area contributed by atoms with Crippen molar-refractivity contribution < 1.29 is 14.3 Å². The molecule has 6 heteroatoms. The molecule has 0 unspecified atom stereocenters. The van der Waals surface area contributed by atoms with Crippen molar-refractivity contribution in [1.29, 1.82) is 0 Å². The summed E-state index contributed by atoms with van der Waals surface area (Å²) in [4.78, 5) is 31.5. The first-order chi connectivity index (χ1) is 15.5. The summed E-state index contributed by atoms with van der Waals surface area (Å²) in [6.07, 6.45) is -0.0848. The van der Waals surface area contributed by atoms with E-state index in [2.05, 4.69) is 0 Å². The van der Waals surface area contributed by atoms with E-state index in [1.54, 1.807) is 12.1 Å². The molecule has 2 aromatic carbocycles. The predicted octanol–water partition coefficient (Wildman–Crippen LogP) is 5.34. The highest BCUT2D eigenvalue weighted by Gasteiger charge is 2.43. The monoisotopic (exact) mass is 446 g/mol. The van der Waals surface area contributed by atoms with Crippen molar-refractivity contribution in [2.45, 2.75) is 33.4 Å². The van der Waals surface area contributed by atoms with Crippen LogP contribution in [0.1, 0.15) is 31.2 Å². The molecule has 1 aliphatic rings. The standard InChI is InChI=1S/C26H26N2O3S/c1-4-27(17-19-11-6-5-7-12-19)24-23(22-15-10-16-32-22)25(29)28(26(24)30)20-13-8-9-14-21(20)31-18(2)3/h5-16,18H,4,17H2,1-3H3. The van der Waals surface area contributed by atoms with Crippen molar-refractivity contribution in [1.82, 2.24) is 4.90 Å². The molecule has 0 saturated heterocycles. The van der Waals surface area contributed by atoms with E-state index in [1.807, 2.05) is 85.6 Å². The van der Waals surface area contributed by atoms with Crippen molar-refractivity contribution in [3.63, 3.8) is 0 Å². The smallest absolute Gasteiger partial charge is 0.282 e. The molecule has 1 aliphatic heterocycles. The Kier molecular flexibility index (Phi) is 6.42. The highest BCUT2D eigenvalue weighted by molar-refractivity contribution is 7.11. The van der Waals surface area contributed by atoms with Crippen LogP contribution in [0.25, 0.3) is 5.57 Å². The lowest BCUT2D eigenvalue weighted by Gasteiger charge is -2.25. The molecule has 2 amide bonds. The molecule has 4 rings (SSSR count). The Morgan fingerprint density at radius 3 is 2.31 bits per heavy atom. The van der Waals surface area contributed by atoms with Gasteiger partial charge in [-0.05, 0) is 49.9 Å². The minimum absolute atomic E-state index is 0.0848. The number of carbonyl (C=O) groups excluding carboxylic acids is 2. The zero-order valence-electron chi connectivity index (χ0n) is 18.4. The second-order valence-electron chi connectivity index (χ2n) is 7.78. The van der Waals surface area contributed by atoms with Gasteiger partial charge in [0.15, 0.2) is 0 Å². The first kappa shape index (κ1) is 21.8. The third-order valence-corrected chi connectivity index (χ3v) is 6.10. The van der Waals surface area contributed by atoms with Crippen LogP contribution in [0.2, 0.25) is 0 Å². The Labute approximate surface area is 192 Å². The number of hydrogen-bond donors (Lipinski definition) is 0. The van der Waals surface area contributed by atoms with Gasteiger partial charge in [-0.2, -0.15) is 0 Å². The lowest BCUT2D eigenvalue weighted by Crippen LogP contribution is -2.35. The van der Waals surface area contributed by atoms with E-state index >= 15 is 0 Å². The summed E-state index contributed by atoms with van der Waals surface area (Å²) in [6, 6.07) is 21.0. The van der Waals surface area contributed by atoms with Gasteiger partial charge in [-0.15, -0.1) is 11.3 Å². The quantitative estimate of drug-likeness (QED) is 0.438. The number of thiophene rings is 1. The Hall–Kier alpha value is -3.38. The number of anilines is 1. The average Bonchev–Trinajstić information content (AvgIpc) is 3.39. The average molecular weight is 447 g/mol. The molecule has 0 N–H and O–H groups in total. The van der Waals surface area contributed by atoms with E-state index in [-0.39, 0.29) is 17.9 Å². The number of likely N-dealkylation sites (N-methyl/N-ethyl adjacent to an activating group) is 1. The summed E-state index contributed by atoms with van der Waals surface area (Å²) in [5, 5.41) is 1.92. The molecule has 164 valence electrons. The molecule has 0 bridgehead atoms. The first-order valence-corrected chi connectivity index (χ1v) is 11.6. The molecular weight excluding hydrogens is 420 g/mol. The Morgan fingerprint density at radius 1 is 0.938 bits per heavy atom. The number of nitrogens with zero attached hydrogens (tertiary/aromatic N) is 2. The molecule has 0 atom stereocenters. The molecule has 1 aromatic heterocycles. The minimum Gasteiger partial charge on any atom is -0.489 e. The molecular formula is C26H26N2O3S. The van der Waals surface area contributed by atoms with Crippen LogP contribution >= 0.6 is 11.3 Å². The summed E-state index contributed by atoms with van der Waals surface area (Å²) in [5.41, 5.74) is 2.43. The van der Waals surface area contributed by atoms with Crippen LogP contribution in [0, 0.1) is 0 Å². The summed E-state index contributed by atoms with van der Waals surface area (Å²) in [7, 11) is 0. The lowest BCUT2D eigenvalue weighted by atomic mass is 10.1. The minimum atomic E-state index is -0.323. The van der Waals surface area contributed by atoms with E-state index in [0.717, 1.165) is 10.4 Å². The molecule has 3 aromatic rings. The van der Waals surface area contributed by atoms with E-state index in [9.17, 15) is 9.59 Å². The van der Waals surface area contributed by atoms with Gasteiger partial charge in [0.2, 0.25) is 0 Å². The van der Waals surface area contributed by atoms with Crippen LogP contribution in [0.5, 0.6) is 5.75 Å². The first-order valence-electron chi connectivity index (χ1n) is 10.7. The Morgan fingerprint density at radius 2 is 1.66 bits per heavy atom. The molecule has 0 aliphatic carbocycles. The number of carbonyl (C=O) groups is 2. The van der Waals surface area contributed by atoms with E-state index < -0.39 is 0 Å². The van der Waals surface area contributed by atoms with Gasteiger partial charge in [0, 0.05) is 18.0 Å². The summed E-state index contributed by atoms with van der Waals surface area (Å²) in [6.45, 7) is 6.97. The number of rotatable bonds is 8. The Bertz CT molecular complexity index is 1140. The number of para-hydroxylation sites is 2. The van der Waals surface area contributed by atoms with Gasteiger partial charge in [-0.3, -0.25) is 9.59 Å². The van der Waals surface area contributed by atoms with E-state index in [4.69, 9.17) is 4.74 Å². The Balaban J connectivity index is 1.80. The van der Waals surface area contributed by atoms with Crippen molar-refractivity contribution in [2.24, 2.45) is 0 Å². The number of amides is 2. The SMILES string of the molecule is CCN(Cc1ccccc1)C1=C(c2cccs2)C(=O)N(c2ccccc2OC(C)C)C1=O. The molecule has 5 nitrogen and oxygen atoms in total. The van der Waals surface area contributed by atoms with Crippen molar-refractivity contribution in [2.75, 3.05) is 11.4 Å². The van der Waals surface area contributed by atoms with Gasteiger partial charge in [0.1, 0.15) is 11.4 Å². The zero-order chi connectivity index (χ0) is 22.7. The van der Waals surface area contributed by atoms with Gasteiger partial charge >= 0.3 is 0 Å². The second-order valence-corrected chi connectivity index (χ2v) is 8.73. The van der Waals surface area contributed by atoms with Gasteiger partial charge < -0.3 is 9.64 Å². The maximum absolute atomic E-state index is 13.8. The predicted molar refractivity (Wildman–Crippen MR) is 128 cm³/mol. The van der Waals surface area contributed by atoms with Gasteiger partial charge in [-0.25, -0.2) is 4.90 Å². The largest absolute Gasteiger partial charge is 0.489 e. The van der Waals surface area contributed by atoms with Crippen LogP contribution in [-0.2, 0) is 16.1 Å². The zero-order valence-corrected chi connectivity index (χ0v) is 19.3. The van der Waals surface area contributed by atoms with Crippen LogP contribution < -0.4 is 9.64 Å². The van der Waals surface area contributed by atoms with E-state index in [0.29, 0.717) is 35.8 Å². The fourth-order valence-corrected chi connectivity index (χ4v) is 4.58. The number of benzene rings is 2. The highest BCUT2D eigenvalue weighted by Crippen LogP contribution is 2.40. The third-order valence-electron chi connectivity index (χ3n) is 5.21. The van der Waals surface area contributed by atoms with Crippen LogP contribution in [-0.4, -0.2) is 29.4 Å². The van der Waals surface area contributed by atoms with Crippen molar-refractivity contribution in [3.05, 3.63) is 88.2 Å². The normalized spacial score (nSPS) is 13.9. The summed E-state index contributed by atoms with van der Waals surface area (Å²) < 4.78 is 5.92. The van der Waals surface area contributed by atoms with Crippen LogP contribution in [0.3, 0.4) is 0 Å². The van der Waals surface area contributed by atoms with Crippen LogP contribution in [0.15, 0.2) is 77.8 Å². The maximum Gasteiger partial charge on any atom is 0.282 e. The van der Waals surface area contributed by atoms with E-state index in [1.165, 1.54) is 16.2 Å². The molecule has 0 spiro atoms. The molecule has 2 heterocycles. The molecule has 0 fully saturated rings. The second kappa shape index (κ2) is 9.40. The number of hydrogen-bond acceptors (Lipinski definition) is 5.